The van der Waals surface area contributed by atoms with Crippen LogP contribution in [0, 0.1) is 6.92 Å². The zero-order valence-corrected chi connectivity index (χ0v) is 9.70. The number of carboxylic acids is 1. The Morgan fingerprint density at radius 2 is 2.25 bits per heavy atom. The highest BCUT2D eigenvalue weighted by Crippen LogP contribution is 2.33. The summed E-state index contributed by atoms with van der Waals surface area (Å²) in [5, 5.41) is 8.94. The number of hydrogen-bond acceptors (Lipinski definition) is 1. The molecule has 1 unspecified atom stereocenters. The largest absolute Gasteiger partial charge is 0.481 e. The van der Waals surface area contributed by atoms with Crippen LogP contribution < -0.4 is 0 Å². The molecule has 2 heteroatoms. The van der Waals surface area contributed by atoms with Gasteiger partial charge in [-0.3, -0.25) is 4.79 Å². The molecule has 2 nitrogen and oxygen atoms in total. The van der Waals surface area contributed by atoms with E-state index in [-0.39, 0.29) is 12.3 Å². The van der Waals surface area contributed by atoms with Crippen molar-refractivity contribution < 1.29 is 9.90 Å². The molecule has 1 aliphatic carbocycles. The van der Waals surface area contributed by atoms with Gasteiger partial charge in [-0.05, 0) is 43.2 Å². The molecule has 0 bridgehead atoms. The molecular weight excluding hydrogens is 200 g/mol. The molecule has 1 aromatic rings. The summed E-state index contributed by atoms with van der Waals surface area (Å²) in [6, 6.07) is 6.44. The van der Waals surface area contributed by atoms with Crippen LogP contribution in [0.15, 0.2) is 18.2 Å². The molecule has 1 aliphatic rings. The van der Waals surface area contributed by atoms with E-state index in [0.29, 0.717) is 0 Å². The molecule has 1 N–H and O–H groups in total. The molecule has 0 heterocycles. The number of hydrogen-bond donors (Lipinski definition) is 1. The van der Waals surface area contributed by atoms with Gasteiger partial charge in [0.2, 0.25) is 0 Å². The SMILES string of the molecule is Cc1ccc2c(c1)CCCCC2CC(=O)O. The Bertz CT molecular complexity index is 396. The molecule has 16 heavy (non-hydrogen) atoms. The molecule has 0 amide bonds. The van der Waals surface area contributed by atoms with Crippen molar-refractivity contribution in [3.8, 4) is 0 Å². The third-order valence-electron chi connectivity index (χ3n) is 3.41. The Labute approximate surface area is 96.3 Å². The van der Waals surface area contributed by atoms with E-state index in [0.717, 1.165) is 19.3 Å². The summed E-state index contributed by atoms with van der Waals surface area (Å²) < 4.78 is 0. The molecular formula is C14H18O2. The smallest absolute Gasteiger partial charge is 0.303 e. The highest BCUT2D eigenvalue weighted by molar-refractivity contribution is 5.68. The van der Waals surface area contributed by atoms with Gasteiger partial charge in [0.05, 0.1) is 6.42 Å². The Morgan fingerprint density at radius 3 is 3.00 bits per heavy atom. The molecule has 2 rings (SSSR count). The van der Waals surface area contributed by atoms with Gasteiger partial charge in [0.15, 0.2) is 0 Å². The van der Waals surface area contributed by atoms with Gasteiger partial charge >= 0.3 is 5.97 Å². The van der Waals surface area contributed by atoms with Crippen molar-refractivity contribution >= 4 is 5.97 Å². The van der Waals surface area contributed by atoms with E-state index in [2.05, 4.69) is 25.1 Å². The second kappa shape index (κ2) is 4.69. The Balaban J connectivity index is 2.32. The van der Waals surface area contributed by atoms with E-state index in [4.69, 9.17) is 5.11 Å². The highest BCUT2D eigenvalue weighted by atomic mass is 16.4. The van der Waals surface area contributed by atoms with Crippen LogP contribution >= 0.6 is 0 Å². The lowest BCUT2D eigenvalue weighted by molar-refractivity contribution is -0.137. The first-order chi connectivity index (χ1) is 7.66. The number of aryl methyl sites for hydroxylation is 2. The average Bonchev–Trinajstić information content (AvgIpc) is 2.40. The van der Waals surface area contributed by atoms with Crippen LogP contribution in [-0.2, 0) is 11.2 Å². The standard InChI is InChI=1S/C14H18O2/c1-10-6-7-13-11(8-10)4-2-3-5-12(13)9-14(15)16/h6-8,12H,2-5,9H2,1H3,(H,15,16). The molecule has 1 aromatic carbocycles. The van der Waals surface area contributed by atoms with Crippen molar-refractivity contribution in [2.45, 2.75) is 44.9 Å². The van der Waals surface area contributed by atoms with Crippen LogP contribution in [0.3, 0.4) is 0 Å². The summed E-state index contributed by atoms with van der Waals surface area (Å²) in [6.45, 7) is 2.09. The molecule has 0 aliphatic heterocycles. The van der Waals surface area contributed by atoms with Crippen LogP contribution in [0.25, 0.3) is 0 Å². The van der Waals surface area contributed by atoms with Crippen molar-refractivity contribution in [2.75, 3.05) is 0 Å². The van der Waals surface area contributed by atoms with Gasteiger partial charge in [-0.15, -0.1) is 0 Å². The summed E-state index contributed by atoms with van der Waals surface area (Å²) in [5.41, 5.74) is 3.91. The lowest BCUT2D eigenvalue weighted by atomic mass is 9.89. The molecule has 0 saturated heterocycles. The molecule has 0 saturated carbocycles. The van der Waals surface area contributed by atoms with Crippen molar-refractivity contribution in [1.29, 1.82) is 0 Å². The van der Waals surface area contributed by atoms with Gasteiger partial charge in [0.1, 0.15) is 0 Å². The number of carboxylic acid groups (broad SMARTS) is 1. The topological polar surface area (TPSA) is 37.3 Å². The molecule has 1 atom stereocenters. The van der Waals surface area contributed by atoms with Gasteiger partial charge in [-0.1, -0.05) is 30.2 Å². The van der Waals surface area contributed by atoms with E-state index < -0.39 is 5.97 Å². The van der Waals surface area contributed by atoms with E-state index in [1.807, 2.05) is 0 Å². The summed E-state index contributed by atoms with van der Waals surface area (Å²) >= 11 is 0. The lowest BCUT2D eigenvalue weighted by Gasteiger charge is -2.15. The summed E-state index contributed by atoms with van der Waals surface area (Å²) in [7, 11) is 0. The summed E-state index contributed by atoms with van der Waals surface area (Å²) in [6.07, 6.45) is 4.73. The fourth-order valence-electron chi connectivity index (χ4n) is 2.63. The first-order valence-corrected chi connectivity index (χ1v) is 5.98. The maximum absolute atomic E-state index is 10.9. The molecule has 0 spiro atoms. The quantitative estimate of drug-likeness (QED) is 0.773. The van der Waals surface area contributed by atoms with Crippen LogP contribution in [0.4, 0.5) is 0 Å². The summed E-state index contributed by atoms with van der Waals surface area (Å²) in [4.78, 5) is 10.9. The van der Waals surface area contributed by atoms with Crippen molar-refractivity contribution in [1.82, 2.24) is 0 Å². The van der Waals surface area contributed by atoms with Crippen LogP contribution in [0.5, 0.6) is 0 Å². The van der Waals surface area contributed by atoms with E-state index in [9.17, 15) is 4.79 Å². The molecule has 0 aromatic heterocycles. The van der Waals surface area contributed by atoms with Gasteiger partial charge in [0, 0.05) is 0 Å². The maximum atomic E-state index is 10.9. The van der Waals surface area contributed by atoms with E-state index >= 15 is 0 Å². The van der Waals surface area contributed by atoms with Gasteiger partial charge in [-0.25, -0.2) is 0 Å². The Kier molecular flexibility index (Phi) is 3.28. The minimum Gasteiger partial charge on any atom is -0.481 e. The maximum Gasteiger partial charge on any atom is 0.303 e. The first kappa shape index (κ1) is 11.2. The van der Waals surface area contributed by atoms with Crippen molar-refractivity contribution in [3.63, 3.8) is 0 Å². The van der Waals surface area contributed by atoms with Crippen molar-refractivity contribution in [2.24, 2.45) is 0 Å². The average molecular weight is 218 g/mol. The second-order valence-electron chi connectivity index (χ2n) is 4.74. The number of rotatable bonds is 2. The monoisotopic (exact) mass is 218 g/mol. The number of carbonyl (C=O) groups is 1. The number of benzene rings is 1. The van der Waals surface area contributed by atoms with E-state index in [1.54, 1.807) is 0 Å². The number of fused-ring (bicyclic) bond motifs is 1. The normalized spacial score (nSPS) is 19.9. The minimum atomic E-state index is -0.682. The minimum absolute atomic E-state index is 0.218. The third kappa shape index (κ3) is 2.43. The lowest BCUT2D eigenvalue weighted by Crippen LogP contribution is -2.07. The molecule has 86 valence electrons. The molecule has 0 radical (unpaired) electrons. The van der Waals surface area contributed by atoms with E-state index in [1.165, 1.54) is 23.1 Å². The Morgan fingerprint density at radius 1 is 1.44 bits per heavy atom. The van der Waals surface area contributed by atoms with Crippen LogP contribution in [0.1, 0.15) is 48.3 Å². The third-order valence-corrected chi connectivity index (χ3v) is 3.41. The predicted octanol–water partition coefficient (Wildman–Crippen LogP) is 3.28. The fourth-order valence-corrected chi connectivity index (χ4v) is 2.63. The predicted molar refractivity (Wildman–Crippen MR) is 63.7 cm³/mol. The van der Waals surface area contributed by atoms with Gasteiger partial charge < -0.3 is 5.11 Å². The molecule has 0 fully saturated rings. The van der Waals surface area contributed by atoms with Crippen molar-refractivity contribution in [3.05, 3.63) is 34.9 Å². The van der Waals surface area contributed by atoms with Gasteiger partial charge in [-0.2, -0.15) is 0 Å². The number of aliphatic carboxylic acids is 1. The van der Waals surface area contributed by atoms with Crippen LogP contribution in [-0.4, -0.2) is 11.1 Å². The van der Waals surface area contributed by atoms with Gasteiger partial charge in [0.25, 0.3) is 0 Å². The fraction of sp³-hybridized carbons (Fsp3) is 0.500. The first-order valence-electron chi connectivity index (χ1n) is 5.98. The van der Waals surface area contributed by atoms with Crippen LogP contribution in [0.2, 0.25) is 0 Å². The summed E-state index contributed by atoms with van der Waals surface area (Å²) in [5.74, 6) is -0.464. The second-order valence-corrected chi connectivity index (χ2v) is 4.74. The zero-order valence-electron chi connectivity index (χ0n) is 9.70. The zero-order chi connectivity index (χ0) is 11.5. The highest BCUT2D eigenvalue weighted by Gasteiger charge is 2.20. The Hall–Kier alpha value is -1.31.